The summed E-state index contributed by atoms with van der Waals surface area (Å²) in [6.07, 6.45) is 0. The largest absolute Gasteiger partial charge is 0.242 e. The molecule has 1 aromatic heterocycles. The van der Waals surface area contributed by atoms with Crippen molar-refractivity contribution < 1.29 is 4.21 Å². The van der Waals surface area contributed by atoms with E-state index in [-0.39, 0.29) is 10.8 Å². The van der Waals surface area contributed by atoms with E-state index < -0.39 is 11.0 Å². The first-order valence-electron chi connectivity index (χ1n) is 5.91. The Bertz CT molecular complexity index is 539. The van der Waals surface area contributed by atoms with E-state index in [2.05, 4.69) is 15.8 Å². The molecular weight excluding hydrogens is 264 g/mol. The SMILES string of the molecule is C[C@H](N[S@](=O)C(C)(C)C)c1nc2ccccc2s1. The molecule has 2 atom stereocenters. The predicted octanol–water partition coefficient (Wildman–Crippen LogP) is 3.41. The molecule has 3 nitrogen and oxygen atoms in total. The second-order valence-corrected chi connectivity index (χ2v) is 8.30. The van der Waals surface area contributed by atoms with Gasteiger partial charge in [0.25, 0.3) is 0 Å². The van der Waals surface area contributed by atoms with Crippen LogP contribution in [0.1, 0.15) is 38.7 Å². The first-order valence-corrected chi connectivity index (χ1v) is 7.88. The van der Waals surface area contributed by atoms with Gasteiger partial charge in [0.2, 0.25) is 0 Å². The molecule has 0 aliphatic rings. The zero-order valence-corrected chi connectivity index (χ0v) is 12.7. The van der Waals surface area contributed by atoms with Gasteiger partial charge < -0.3 is 0 Å². The van der Waals surface area contributed by atoms with Crippen molar-refractivity contribution in [2.45, 2.75) is 38.5 Å². The average molecular weight is 282 g/mol. The number of fused-ring (bicyclic) bond motifs is 1. The summed E-state index contributed by atoms with van der Waals surface area (Å²) in [5.41, 5.74) is 1.01. The van der Waals surface area contributed by atoms with Gasteiger partial charge in [-0.25, -0.2) is 13.9 Å². The van der Waals surface area contributed by atoms with Gasteiger partial charge in [-0.1, -0.05) is 12.1 Å². The van der Waals surface area contributed by atoms with Crippen LogP contribution in [-0.4, -0.2) is 13.9 Å². The van der Waals surface area contributed by atoms with Crippen LogP contribution in [0.15, 0.2) is 24.3 Å². The third kappa shape index (κ3) is 2.96. The van der Waals surface area contributed by atoms with Crippen LogP contribution in [0.2, 0.25) is 0 Å². The van der Waals surface area contributed by atoms with Gasteiger partial charge >= 0.3 is 0 Å². The zero-order valence-electron chi connectivity index (χ0n) is 11.1. The molecule has 0 aliphatic carbocycles. The fraction of sp³-hybridized carbons (Fsp3) is 0.462. The van der Waals surface area contributed by atoms with Gasteiger partial charge in [0.15, 0.2) is 0 Å². The minimum atomic E-state index is -1.07. The highest BCUT2D eigenvalue weighted by molar-refractivity contribution is 7.84. The number of benzene rings is 1. The maximum absolute atomic E-state index is 12.0. The van der Waals surface area contributed by atoms with Crippen molar-refractivity contribution in [2.24, 2.45) is 0 Å². The van der Waals surface area contributed by atoms with E-state index in [4.69, 9.17) is 0 Å². The van der Waals surface area contributed by atoms with Crippen LogP contribution in [0.5, 0.6) is 0 Å². The number of nitrogens with zero attached hydrogens (tertiary/aromatic N) is 1. The summed E-state index contributed by atoms with van der Waals surface area (Å²) in [5, 5.41) is 0.980. The van der Waals surface area contributed by atoms with Crippen LogP contribution in [-0.2, 0) is 11.0 Å². The summed E-state index contributed by atoms with van der Waals surface area (Å²) in [7, 11) is -1.07. The number of hydrogen-bond donors (Lipinski definition) is 1. The van der Waals surface area contributed by atoms with Gasteiger partial charge in [-0.05, 0) is 39.8 Å². The van der Waals surface area contributed by atoms with Crippen LogP contribution in [0.3, 0.4) is 0 Å². The molecule has 0 amide bonds. The van der Waals surface area contributed by atoms with Crippen molar-refractivity contribution in [1.29, 1.82) is 0 Å². The Labute approximate surface area is 114 Å². The minimum Gasteiger partial charge on any atom is -0.242 e. The fourth-order valence-corrected chi connectivity index (χ4v) is 3.29. The van der Waals surface area contributed by atoms with E-state index in [9.17, 15) is 4.21 Å². The zero-order chi connectivity index (χ0) is 13.3. The molecule has 0 bridgehead atoms. The summed E-state index contributed by atoms with van der Waals surface area (Å²) in [5.74, 6) is 0. The van der Waals surface area contributed by atoms with E-state index in [0.29, 0.717) is 0 Å². The van der Waals surface area contributed by atoms with Gasteiger partial charge in [0.1, 0.15) is 5.01 Å². The maximum Gasteiger partial charge on any atom is 0.111 e. The van der Waals surface area contributed by atoms with E-state index in [1.165, 1.54) is 4.70 Å². The fourth-order valence-electron chi connectivity index (χ4n) is 1.46. The van der Waals surface area contributed by atoms with Crippen molar-refractivity contribution in [1.82, 2.24) is 9.71 Å². The molecule has 2 rings (SSSR count). The van der Waals surface area contributed by atoms with Crippen LogP contribution >= 0.6 is 11.3 Å². The molecule has 0 fully saturated rings. The molecule has 0 saturated carbocycles. The highest BCUT2D eigenvalue weighted by atomic mass is 32.2. The lowest BCUT2D eigenvalue weighted by atomic mass is 10.3. The van der Waals surface area contributed by atoms with Crippen molar-refractivity contribution in [3.63, 3.8) is 0 Å². The van der Waals surface area contributed by atoms with Crippen LogP contribution in [0.25, 0.3) is 10.2 Å². The highest BCUT2D eigenvalue weighted by Gasteiger charge is 2.22. The molecule has 98 valence electrons. The second kappa shape index (κ2) is 5.07. The monoisotopic (exact) mass is 282 g/mol. The van der Waals surface area contributed by atoms with Crippen LogP contribution < -0.4 is 4.72 Å². The summed E-state index contributed by atoms with van der Waals surface area (Å²) >= 11 is 1.65. The smallest absolute Gasteiger partial charge is 0.111 e. The number of aromatic nitrogens is 1. The lowest BCUT2D eigenvalue weighted by molar-refractivity contribution is 0.615. The van der Waals surface area contributed by atoms with Crippen LogP contribution in [0.4, 0.5) is 0 Å². The van der Waals surface area contributed by atoms with Gasteiger partial charge in [-0.2, -0.15) is 0 Å². The molecule has 2 aromatic rings. The molecular formula is C13H18N2OS2. The maximum atomic E-state index is 12.0. The molecule has 1 aromatic carbocycles. The normalized spacial score (nSPS) is 15.8. The Balaban J connectivity index is 2.18. The van der Waals surface area contributed by atoms with Crippen molar-refractivity contribution in [3.8, 4) is 0 Å². The van der Waals surface area contributed by atoms with Crippen molar-refractivity contribution in [3.05, 3.63) is 29.3 Å². The lowest BCUT2D eigenvalue weighted by Gasteiger charge is -2.20. The Kier molecular flexibility index (Phi) is 3.84. The van der Waals surface area contributed by atoms with E-state index in [1.807, 2.05) is 45.9 Å². The highest BCUT2D eigenvalue weighted by Crippen LogP contribution is 2.26. The minimum absolute atomic E-state index is 0.00228. The Morgan fingerprint density at radius 1 is 1.33 bits per heavy atom. The average Bonchev–Trinajstić information content (AvgIpc) is 2.71. The van der Waals surface area contributed by atoms with Crippen molar-refractivity contribution >= 4 is 32.5 Å². The second-order valence-electron chi connectivity index (χ2n) is 5.24. The molecule has 5 heteroatoms. The summed E-state index contributed by atoms with van der Waals surface area (Å²) in [4.78, 5) is 4.57. The third-order valence-electron chi connectivity index (χ3n) is 2.52. The number of rotatable bonds is 3. The predicted molar refractivity (Wildman–Crippen MR) is 79.1 cm³/mol. The summed E-state index contributed by atoms with van der Waals surface area (Å²) in [6.45, 7) is 7.88. The summed E-state index contributed by atoms with van der Waals surface area (Å²) < 4.78 is 16.1. The molecule has 0 spiro atoms. The third-order valence-corrected chi connectivity index (χ3v) is 5.42. The number of nitrogens with one attached hydrogen (secondary N) is 1. The molecule has 1 heterocycles. The van der Waals surface area contributed by atoms with Gasteiger partial charge in [0.05, 0.1) is 32.0 Å². The molecule has 0 unspecified atom stereocenters. The standard InChI is InChI=1S/C13H18N2OS2/c1-9(15-18(16)13(2,3)4)12-14-10-7-5-6-8-11(10)17-12/h5-9,15H,1-4H3/t9-,18+/m0/s1. The van der Waals surface area contributed by atoms with E-state index in [1.54, 1.807) is 11.3 Å². The molecule has 0 aliphatic heterocycles. The number of thiazole rings is 1. The van der Waals surface area contributed by atoms with Gasteiger partial charge in [-0.15, -0.1) is 11.3 Å². The van der Waals surface area contributed by atoms with E-state index >= 15 is 0 Å². The number of hydrogen-bond acceptors (Lipinski definition) is 3. The molecule has 1 N–H and O–H groups in total. The Hall–Kier alpha value is -0.780. The van der Waals surface area contributed by atoms with Gasteiger partial charge in [0, 0.05) is 0 Å². The van der Waals surface area contributed by atoms with Gasteiger partial charge in [-0.3, -0.25) is 0 Å². The Morgan fingerprint density at radius 2 is 2.00 bits per heavy atom. The number of para-hydroxylation sites is 1. The molecule has 0 radical (unpaired) electrons. The Morgan fingerprint density at radius 3 is 2.61 bits per heavy atom. The quantitative estimate of drug-likeness (QED) is 0.937. The molecule has 18 heavy (non-hydrogen) atoms. The van der Waals surface area contributed by atoms with E-state index in [0.717, 1.165) is 10.5 Å². The topological polar surface area (TPSA) is 42.0 Å². The van der Waals surface area contributed by atoms with Crippen LogP contribution in [0, 0.1) is 0 Å². The first kappa shape index (κ1) is 13.6. The molecule has 0 saturated heterocycles. The van der Waals surface area contributed by atoms with Crippen molar-refractivity contribution in [2.75, 3.05) is 0 Å². The first-order chi connectivity index (χ1) is 8.38. The summed E-state index contributed by atoms with van der Waals surface area (Å²) in [6, 6.07) is 8.06. The lowest BCUT2D eigenvalue weighted by Crippen LogP contribution is -2.34.